The van der Waals surface area contributed by atoms with E-state index >= 15 is 0 Å². The van der Waals surface area contributed by atoms with E-state index in [4.69, 9.17) is 14.2 Å². The summed E-state index contributed by atoms with van der Waals surface area (Å²) in [6, 6.07) is 9.11. The number of carbonyl (C=O) groups excluding carboxylic acids is 1. The first-order valence-electron chi connectivity index (χ1n) is 12.0. The maximum atomic E-state index is 13.4. The van der Waals surface area contributed by atoms with Crippen molar-refractivity contribution < 1.29 is 27.4 Å². The fourth-order valence-corrected chi connectivity index (χ4v) is 5.67. The van der Waals surface area contributed by atoms with Crippen LogP contribution in [0.1, 0.15) is 51.6 Å². The highest BCUT2D eigenvalue weighted by atomic mass is 32.2. The molecule has 1 saturated heterocycles. The molecule has 1 aliphatic heterocycles. The van der Waals surface area contributed by atoms with Crippen LogP contribution >= 0.6 is 0 Å². The molecule has 0 spiro atoms. The fourth-order valence-electron chi connectivity index (χ4n) is 4.15. The second-order valence-corrected chi connectivity index (χ2v) is 11.7. The maximum Gasteiger partial charge on any atom is 0.247 e. The van der Waals surface area contributed by atoms with E-state index in [2.05, 4.69) is 10.6 Å². The van der Waals surface area contributed by atoms with Gasteiger partial charge in [0.15, 0.2) is 11.5 Å². The first kappa shape index (κ1) is 27.6. The smallest absolute Gasteiger partial charge is 0.247 e. The number of carbonyl (C=O) groups is 1. The average molecular weight is 520 g/mol. The van der Waals surface area contributed by atoms with Gasteiger partial charge in [0.05, 0.1) is 26.2 Å². The first-order chi connectivity index (χ1) is 17.0. The standard InChI is InChI=1S/C26H37N3O6S/c1-26(2,3)28-25(30)23(18-16-21(33-4)24(35-6)22(17-18)34-5)27-19-10-12-20(13-11-19)36(31,32)29-14-8-7-9-15-29/h10-13,16-17,23,27H,7-9,14-15H2,1-6H3,(H,28,30). The molecule has 0 aromatic heterocycles. The molecule has 2 aromatic carbocycles. The Kier molecular flexibility index (Phi) is 8.73. The lowest BCUT2D eigenvalue weighted by Gasteiger charge is -2.27. The van der Waals surface area contributed by atoms with Crippen LogP contribution in [0.2, 0.25) is 0 Å². The number of sulfonamides is 1. The highest BCUT2D eigenvalue weighted by Gasteiger charge is 2.29. The topological polar surface area (TPSA) is 106 Å². The summed E-state index contributed by atoms with van der Waals surface area (Å²) in [7, 11) is 0.998. The molecule has 2 aromatic rings. The molecule has 1 fully saturated rings. The Hall–Kier alpha value is -2.98. The third-order valence-corrected chi connectivity index (χ3v) is 7.81. The summed E-state index contributed by atoms with van der Waals surface area (Å²) in [4.78, 5) is 13.6. The molecule has 198 valence electrons. The molecule has 1 atom stereocenters. The second-order valence-electron chi connectivity index (χ2n) is 9.76. The molecule has 3 rings (SSSR count). The molecule has 1 amide bonds. The van der Waals surface area contributed by atoms with Gasteiger partial charge in [-0.15, -0.1) is 0 Å². The number of hydrogen-bond acceptors (Lipinski definition) is 7. The predicted octanol–water partition coefficient (Wildman–Crippen LogP) is 3.95. The van der Waals surface area contributed by atoms with Crippen LogP contribution in [0.25, 0.3) is 0 Å². The van der Waals surface area contributed by atoms with E-state index in [1.807, 2.05) is 20.8 Å². The van der Waals surface area contributed by atoms with Crippen LogP contribution in [-0.4, -0.2) is 58.6 Å². The molecule has 36 heavy (non-hydrogen) atoms. The molecule has 2 N–H and O–H groups in total. The van der Waals surface area contributed by atoms with E-state index in [0.29, 0.717) is 41.6 Å². The lowest BCUT2D eigenvalue weighted by molar-refractivity contribution is -0.123. The largest absolute Gasteiger partial charge is 0.493 e. The van der Waals surface area contributed by atoms with Gasteiger partial charge in [-0.05, 0) is 75.6 Å². The Morgan fingerprint density at radius 2 is 1.47 bits per heavy atom. The van der Waals surface area contributed by atoms with Crippen molar-refractivity contribution in [3.63, 3.8) is 0 Å². The van der Waals surface area contributed by atoms with Gasteiger partial charge >= 0.3 is 0 Å². The van der Waals surface area contributed by atoms with E-state index in [1.54, 1.807) is 36.4 Å². The lowest BCUT2D eigenvalue weighted by atomic mass is 10.0. The Bertz CT molecular complexity index is 1130. The third kappa shape index (κ3) is 6.41. The Morgan fingerprint density at radius 3 is 1.94 bits per heavy atom. The Balaban J connectivity index is 1.95. The highest BCUT2D eigenvalue weighted by Crippen LogP contribution is 2.40. The number of anilines is 1. The van der Waals surface area contributed by atoms with Crippen molar-refractivity contribution in [3.8, 4) is 17.2 Å². The Morgan fingerprint density at radius 1 is 0.917 bits per heavy atom. The van der Waals surface area contributed by atoms with Gasteiger partial charge in [0.2, 0.25) is 21.7 Å². The molecular formula is C26H37N3O6S. The van der Waals surface area contributed by atoms with Crippen molar-refractivity contribution in [1.29, 1.82) is 0 Å². The van der Waals surface area contributed by atoms with Crippen LogP contribution in [0.5, 0.6) is 17.2 Å². The van der Waals surface area contributed by atoms with Gasteiger partial charge < -0.3 is 24.8 Å². The minimum Gasteiger partial charge on any atom is -0.493 e. The zero-order chi connectivity index (χ0) is 26.5. The number of nitrogens with zero attached hydrogens (tertiary/aromatic N) is 1. The minimum absolute atomic E-state index is 0.235. The van der Waals surface area contributed by atoms with E-state index in [1.165, 1.54) is 25.6 Å². The van der Waals surface area contributed by atoms with Gasteiger partial charge in [0.1, 0.15) is 6.04 Å². The van der Waals surface area contributed by atoms with Crippen LogP contribution < -0.4 is 24.8 Å². The third-order valence-electron chi connectivity index (χ3n) is 5.90. The van der Waals surface area contributed by atoms with Crippen molar-refractivity contribution in [1.82, 2.24) is 9.62 Å². The Labute approximate surface area is 214 Å². The van der Waals surface area contributed by atoms with Gasteiger partial charge in [-0.3, -0.25) is 4.79 Å². The maximum absolute atomic E-state index is 13.4. The minimum atomic E-state index is -3.55. The number of piperidine rings is 1. The molecule has 0 radical (unpaired) electrons. The molecule has 0 aliphatic carbocycles. The monoisotopic (exact) mass is 519 g/mol. The summed E-state index contributed by atoms with van der Waals surface area (Å²) in [5, 5.41) is 6.25. The van der Waals surface area contributed by atoms with E-state index < -0.39 is 21.6 Å². The zero-order valence-electron chi connectivity index (χ0n) is 21.9. The fraction of sp³-hybridized carbons (Fsp3) is 0.500. The zero-order valence-corrected chi connectivity index (χ0v) is 22.7. The van der Waals surface area contributed by atoms with Gasteiger partial charge in [-0.2, -0.15) is 4.31 Å². The van der Waals surface area contributed by atoms with E-state index in [-0.39, 0.29) is 10.8 Å². The summed E-state index contributed by atoms with van der Waals surface area (Å²) in [6.45, 7) is 6.78. The van der Waals surface area contributed by atoms with Crippen molar-refractivity contribution in [2.45, 2.75) is 56.5 Å². The highest BCUT2D eigenvalue weighted by molar-refractivity contribution is 7.89. The van der Waals surface area contributed by atoms with Crippen molar-refractivity contribution in [2.75, 3.05) is 39.7 Å². The number of benzene rings is 2. The number of hydrogen-bond donors (Lipinski definition) is 2. The summed E-state index contributed by atoms with van der Waals surface area (Å²) in [6.07, 6.45) is 2.80. The number of amides is 1. The van der Waals surface area contributed by atoms with Crippen LogP contribution in [0.15, 0.2) is 41.3 Å². The van der Waals surface area contributed by atoms with Gasteiger partial charge in [-0.25, -0.2) is 8.42 Å². The molecule has 9 nitrogen and oxygen atoms in total. The van der Waals surface area contributed by atoms with E-state index in [0.717, 1.165) is 19.3 Å². The van der Waals surface area contributed by atoms with Crippen molar-refractivity contribution in [3.05, 3.63) is 42.0 Å². The predicted molar refractivity (Wildman–Crippen MR) is 139 cm³/mol. The molecule has 1 unspecified atom stereocenters. The molecular weight excluding hydrogens is 482 g/mol. The van der Waals surface area contributed by atoms with Crippen molar-refractivity contribution in [2.24, 2.45) is 0 Å². The van der Waals surface area contributed by atoms with Gasteiger partial charge in [0, 0.05) is 24.3 Å². The van der Waals surface area contributed by atoms with Crippen LogP contribution in [0, 0.1) is 0 Å². The summed E-state index contributed by atoms with van der Waals surface area (Å²) in [5.41, 5.74) is 0.719. The SMILES string of the molecule is COc1cc(C(Nc2ccc(S(=O)(=O)N3CCCCC3)cc2)C(=O)NC(C)(C)C)cc(OC)c1OC. The number of methoxy groups -OCH3 is 3. The molecule has 10 heteroatoms. The summed E-state index contributed by atoms with van der Waals surface area (Å²) < 4.78 is 43.9. The van der Waals surface area contributed by atoms with Gasteiger partial charge in [-0.1, -0.05) is 6.42 Å². The van der Waals surface area contributed by atoms with E-state index in [9.17, 15) is 13.2 Å². The second kappa shape index (κ2) is 11.4. The normalized spacial score (nSPS) is 15.6. The quantitative estimate of drug-likeness (QED) is 0.517. The van der Waals surface area contributed by atoms with Crippen LogP contribution in [0.3, 0.4) is 0 Å². The lowest BCUT2D eigenvalue weighted by Crippen LogP contribution is -2.44. The summed E-state index contributed by atoms with van der Waals surface area (Å²) >= 11 is 0. The number of nitrogens with one attached hydrogen (secondary N) is 2. The number of ether oxygens (including phenoxy) is 3. The molecule has 1 aliphatic rings. The molecule has 0 bridgehead atoms. The average Bonchev–Trinajstić information content (AvgIpc) is 2.86. The van der Waals surface area contributed by atoms with Gasteiger partial charge in [0.25, 0.3) is 0 Å². The number of rotatable bonds is 9. The molecule has 1 heterocycles. The first-order valence-corrected chi connectivity index (χ1v) is 13.4. The summed E-state index contributed by atoms with van der Waals surface area (Å²) in [5.74, 6) is 1.00. The van der Waals surface area contributed by atoms with Crippen LogP contribution in [0.4, 0.5) is 5.69 Å². The van der Waals surface area contributed by atoms with Crippen LogP contribution in [-0.2, 0) is 14.8 Å². The molecule has 0 saturated carbocycles. The van der Waals surface area contributed by atoms with Crippen molar-refractivity contribution >= 4 is 21.6 Å².